The van der Waals surface area contributed by atoms with E-state index >= 15 is 0 Å². The Balaban J connectivity index is 1.77. The Hall–Kier alpha value is -2.59. The van der Waals surface area contributed by atoms with Crippen molar-refractivity contribution in [2.45, 2.75) is 67.9 Å². The van der Waals surface area contributed by atoms with Crippen molar-refractivity contribution in [1.82, 2.24) is 9.97 Å². The van der Waals surface area contributed by atoms with Gasteiger partial charge in [-0.15, -0.1) is 0 Å². The van der Waals surface area contributed by atoms with E-state index in [0.29, 0.717) is 51.0 Å². The number of sulfone groups is 1. The van der Waals surface area contributed by atoms with Crippen molar-refractivity contribution in [3.05, 3.63) is 51.8 Å². The quantitative estimate of drug-likeness (QED) is 0.612. The van der Waals surface area contributed by atoms with Crippen molar-refractivity contribution in [3.63, 3.8) is 0 Å². The van der Waals surface area contributed by atoms with Gasteiger partial charge in [0, 0.05) is 24.5 Å². The van der Waals surface area contributed by atoms with Crippen LogP contribution in [0.25, 0.3) is 0 Å². The molecule has 184 valence electrons. The van der Waals surface area contributed by atoms with Crippen LogP contribution in [0.2, 0.25) is 0 Å². The van der Waals surface area contributed by atoms with E-state index in [1.165, 1.54) is 18.2 Å². The number of nitrogens with one attached hydrogen (secondary N) is 2. The number of ether oxygens (including phenoxy) is 1. The summed E-state index contributed by atoms with van der Waals surface area (Å²) in [6, 6.07) is 3.98. The number of amides is 1. The van der Waals surface area contributed by atoms with Crippen LogP contribution in [0.4, 0.5) is 10.2 Å². The summed E-state index contributed by atoms with van der Waals surface area (Å²) in [5.41, 5.74) is -0.171. The second-order valence-corrected chi connectivity index (χ2v) is 11.4. The summed E-state index contributed by atoms with van der Waals surface area (Å²) in [6.45, 7) is 2.74. The predicted octanol–water partition coefficient (Wildman–Crippen LogP) is 3.47. The Kier molecular flexibility index (Phi) is 7.47. The molecule has 1 saturated heterocycles. The average molecular weight is 492 g/mol. The molecule has 0 spiro atoms. The molecule has 0 bridgehead atoms. The molecule has 3 heterocycles. The standard InChI is InChI=1S/C24H30FN3O5S/c1-15-12-20(34(31,32)18-4-2-3-5-18)22(24(30)27-15)19(13-16-8-10-33-11-9-16)23(29)28-21-7-6-17(25)14-26-21/h6-7,12,14,16,18-19H,2-5,8-11,13H2,1H3,(H,27,30)(H,26,28,29)/t19-/m1/s1. The summed E-state index contributed by atoms with van der Waals surface area (Å²) in [5.74, 6) is -1.87. The maximum Gasteiger partial charge on any atom is 0.253 e. The van der Waals surface area contributed by atoms with Gasteiger partial charge in [-0.25, -0.2) is 17.8 Å². The fourth-order valence-electron chi connectivity index (χ4n) is 4.95. The monoisotopic (exact) mass is 491 g/mol. The van der Waals surface area contributed by atoms with E-state index < -0.39 is 38.3 Å². The highest BCUT2D eigenvalue weighted by Crippen LogP contribution is 2.36. The number of halogens is 1. The number of hydrogen-bond acceptors (Lipinski definition) is 6. The van der Waals surface area contributed by atoms with Crippen molar-refractivity contribution in [2.24, 2.45) is 5.92 Å². The minimum atomic E-state index is -3.80. The van der Waals surface area contributed by atoms with E-state index in [9.17, 15) is 22.4 Å². The maximum atomic E-state index is 13.6. The van der Waals surface area contributed by atoms with Crippen LogP contribution in [-0.4, -0.2) is 42.8 Å². The lowest BCUT2D eigenvalue weighted by molar-refractivity contribution is -0.118. The number of carbonyl (C=O) groups is 1. The smallest absolute Gasteiger partial charge is 0.253 e. The first kappa shape index (κ1) is 24.5. The van der Waals surface area contributed by atoms with Crippen LogP contribution >= 0.6 is 0 Å². The normalized spacial score (nSPS) is 18.6. The van der Waals surface area contributed by atoms with Gasteiger partial charge in [-0.1, -0.05) is 12.8 Å². The van der Waals surface area contributed by atoms with Crippen molar-refractivity contribution in [2.75, 3.05) is 18.5 Å². The largest absolute Gasteiger partial charge is 0.381 e. The van der Waals surface area contributed by atoms with Crippen molar-refractivity contribution in [3.8, 4) is 0 Å². The summed E-state index contributed by atoms with van der Waals surface area (Å²) in [7, 11) is -3.80. The van der Waals surface area contributed by atoms with Crippen molar-refractivity contribution >= 4 is 21.6 Å². The Morgan fingerprint density at radius 3 is 2.59 bits per heavy atom. The molecule has 0 radical (unpaired) electrons. The number of rotatable bonds is 7. The van der Waals surface area contributed by atoms with Crippen LogP contribution in [0.3, 0.4) is 0 Å². The summed E-state index contributed by atoms with van der Waals surface area (Å²) in [6.07, 6.45) is 5.45. The van der Waals surface area contributed by atoms with Crippen LogP contribution in [0.5, 0.6) is 0 Å². The van der Waals surface area contributed by atoms with E-state index in [1.807, 2.05) is 0 Å². The molecule has 1 atom stereocenters. The summed E-state index contributed by atoms with van der Waals surface area (Å²) >= 11 is 0. The maximum absolute atomic E-state index is 13.6. The molecule has 2 N–H and O–H groups in total. The molecule has 2 fully saturated rings. The zero-order chi connectivity index (χ0) is 24.3. The lowest BCUT2D eigenvalue weighted by Crippen LogP contribution is -2.33. The number of aromatic amines is 1. The zero-order valence-electron chi connectivity index (χ0n) is 19.2. The van der Waals surface area contributed by atoms with Gasteiger partial charge in [-0.2, -0.15) is 0 Å². The third-order valence-corrected chi connectivity index (χ3v) is 9.07. The van der Waals surface area contributed by atoms with Crippen LogP contribution in [0.1, 0.15) is 62.1 Å². The third kappa shape index (κ3) is 5.38. The molecular weight excluding hydrogens is 461 g/mol. The number of carbonyl (C=O) groups excluding carboxylic acids is 1. The Bertz CT molecular complexity index is 1180. The molecule has 1 aliphatic heterocycles. The molecule has 2 aromatic rings. The highest BCUT2D eigenvalue weighted by atomic mass is 32.2. The van der Waals surface area contributed by atoms with Gasteiger partial charge >= 0.3 is 0 Å². The van der Waals surface area contributed by atoms with Gasteiger partial charge < -0.3 is 15.0 Å². The van der Waals surface area contributed by atoms with Crippen LogP contribution in [-0.2, 0) is 19.4 Å². The van der Waals surface area contributed by atoms with Gasteiger partial charge in [0.25, 0.3) is 5.56 Å². The molecule has 4 rings (SSSR count). The van der Waals surface area contributed by atoms with Gasteiger partial charge in [0.1, 0.15) is 11.6 Å². The Morgan fingerprint density at radius 2 is 1.94 bits per heavy atom. The van der Waals surface area contributed by atoms with Crippen LogP contribution < -0.4 is 10.9 Å². The Labute approximate surface area is 198 Å². The lowest BCUT2D eigenvalue weighted by Gasteiger charge is -2.27. The number of hydrogen-bond donors (Lipinski definition) is 2. The van der Waals surface area contributed by atoms with Crippen molar-refractivity contribution in [1.29, 1.82) is 0 Å². The molecule has 1 saturated carbocycles. The average Bonchev–Trinajstić information content (AvgIpc) is 3.36. The Morgan fingerprint density at radius 1 is 1.24 bits per heavy atom. The van der Waals surface area contributed by atoms with Gasteiger partial charge in [-0.05, 0) is 63.1 Å². The van der Waals surface area contributed by atoms with Crippen molar-refractivity contribution < 1.29 is 22.3 Å². The highest BCUT2D eigenvalue weighted by molar-refractivity contribution is 7.92. The molecule has 2 aliphatic rings. The molecule has 0 unspecified atom stereocenters. The fourth-order valence-corrected chi connectivity index (χ4v) is 7.14. The summed E-state index contributed by atoms with van der Waals surface area (Å²) in [5, 5.41) is 2.09. The van der Waals surface area contributed by atoms with Gasteiger partial charge in [0.2, 0.25) is 5.91 Å². The van der Waals surface area contributed by atoms with E-state index in [4.69, 9.17) is 4.74 Å². The number of anilines is 1. The second kappa shape index (κ2) is 10.4. The highest BCUT2D eigenvalue weighted by Gasteiger charge is 2.38. The molecule has 10 heteroatoms. The number of H-pyrrole nitrogens is 1. The number of aryl methyl sites for hydroxylation is 1. The molecule has 34 heavy (non-hydrogen) atoms. The molecule has 8 nitrogen and oxygen atoms in total. The van der Waals surface area contributed by atoms with E-state index in [-0.39, 0.29) is 22.2 Å². The first-order chi connectivity index (χ1) is 16.3. The zero-order valence-corrected chi connectivity index (χ0v) is 20.0. The topological polar surface area (TPSA) is 118 Å². The second-order valence-electron chi connectivity index (χ2n) is 9.21. The molecule has 1 amide bonds. The number of nitrogens with zero attached hydrogens (tertiary/aromatic N) is 1. The molecule has 2 aromatic heterocycles. The number of pyridine rings is 2. The fraction of sp³-hybridized carbons (Fsp3) is 0.542. The minimum Gasteiger partial charge on any atom is -0.381 e. The van der Waals surface area contributed by atoms with E-state index in [2.05, 4.69) is 15.3 Å². The number of aromatic nitrogens is 2. The first-order valence-electron chi connectivity index (χ1n) is 11.7. The SMILES string of the molecule is Cc1cc(S(=O)(=O)C2CCCC2)c([C@@H](CC2CCOCC2)C(=O)Nc2ccc(F)cn2)c(=O)[nH]1. The van der Waals surface area contributed by atoms with E-state index in [0.717, 1.165) is 19.0 Å². The summed E-state index contributed by atoms with van der Waals surface area (Å²) in [4.78, 5) is 33.2. The molecular formula is C24H30FN3O5S. The molecule has 1 aliphatic carbocycles. The van der Waals surface area contributed by atoms with Gasteiger partial charge in [0.15, 0.2) is 9.84 Å². The van der Waals surface area contributed by atoms with Crippen LogP contribution in [0.15, 0.2) is 34.1 Å². The van der Waals surface area contributed by atoms with Crippen LogP contribution in [0, 0.1) is 18.7 Å². The lowest BCUT2D eigenvalue weighted by atomic mass is 9.84. The first-order valence-corrected chi connectivity index (χ1v) is 13.3. The minimum absolute atomic E-state index is 0.0244. The predicted molar refractivity (Wildman–Crippen MR) is 125 cm³/mol. The van der Waals surface area contributed by atoms with Gasteiger partial charge in [-0.3, -0.25) is 9.59 Å². The third-order valence-electron chi connectivity index (χ3n) is 6.77. The summed E-state index contributed by atoms with van der Waals surface area (Å²) < 4.78 is 45.9. The molecule has 0 aromatic carbocycles. The van der Waals surface area contributed by atoms with Gasteiger partial charge in [0.05, 0.1) is 22.3 Å². The van der Waals surface area contributed by atoms with E-state index in [1.54, 1.807) is 6.92 Å².